The van der Waals surface area contributed by atoms with Gasteiger partial charge in [0.05, 0.1) is 0 Å². The minimum atomic E-state index is 0.196. The lowest BCUT2D eigenvalue weighted by molar-refractivity contribution is -0.125. The zero-order valence-electron chi connectivity index (χ0n) is 9.91. The summed E-state index contributed by atoms with van der Waals surface area (Å²) in [5, 5.41) is 4.85. The highest BCUT2D eigenvalue weighted by Crippen LogP contribution is 2.26. The molecule has 94 valence electrons. The van der Waals surface area contributed by atoms with Crippen molar-refractivity contribution >= 4 is 33.2 Å². The molecule has 1 amide bonds. The Labute approximate surface area is 114 Å². The second-order valence-corrected chi connectivity index (χ2v) is 6.21. The predicted octanol–water partition coefficient (Wildman–Crippen LogP) is 2.47. The van der Waals surface area contributed by atoms with Gasteiger partial charge in [-0.15, -0.1) is 11.3 Å². The molecule has 2 rings (SSSR count). The summed E-state index contributed by atoms with van der Waals surface area (Å²) in [6, 6.07) is 2.09. The average Bonchev–Trinajstić information content (AvgIpc) is 2.75. The Morgan fingerprint density at radius 3 is 2.82 bits per heavy atom. The molecule has 0 unspecified atom stereocenters. The molecule has 1 aliphatic rings. The van der Waals surface area contributed by atoms with Gasteiger partial charge in [-0.1, -0.05) is 0 Å². The molecule has 1 aromatic rings. The highest BCUT2D eigenvalue weighted by Gasteiger charge is 2.24. The van der Waals surface area contributed by atoms with Crippen molar-refractivity contribution in [3.63, 3.8) is 0 Å². The summed E-state index contributed by atoms with van der Waals surface area (Å²) in [5.74, 6) is 0.407. The molecule has 0 atom stereocenters. The molecule has 0 aliphatic carbocycles. The second-order valence-electron chi connectivity index (χ2n) is 4.36. The standard InChI is InChI=1S/C12H17BrN2OS/c1-14-12(16)9-2-5-15(6-3-9)8-11-10(13)4-7-17-11/h4,7,9H,2-3,5-6,8H2,1H3,(H,14,16). The van der Waals surface area contributed by atoms with Crippen molar-refractivity contribution in [2.45, 2.75) is 19.4 Å². The molecule has 1 N–H and O–H groups in total. The minimum Gasteiger partial charge on any atom is -0.359 e. The van der Waals surface area contributed by atoms with E-state index in [-0.39, 0.29) is 11.8 Å². The Morgan fingerprint density at radius 1 is 1.59 bits per heavy atom. The van der Waals surface area contributed by atoms with E-state index in [2.05, 4.69) is 37.6 Å². The van der Waals surface area contributed by atoms with Gasteiger partial charge in [-0.2, -0.15) is 0 Å². The third-order valence-electron chi connectivity index (χ3n) is 3.26. The number of hydrogen-bond acceptors (Lipinski definition) is 3. The number of piperidine rings is 1. The third-order valence-corrected chi connectivity index (χ3v) is 5.17. The number of likely N-dealkylation sites (tertiary alicyclic amines) is 1. The molecular formula is C12H17BrN2OS. The van der Waals surface area contributed by atoms with Crippen LogP contribution in [0, 0.1) is 5.92 Å². The van der Waals surface area contributed by atoms with Crippen LogP contribution < -0.4 is 5.32 Å². The van der Waals surface area contributed by atoms with E-state index in [4.69, 9.17) is 0 Å². The minimum absolute atomic E-state index is 0.196. The van der Waals surface area contributed by atoms with Gasteiger partial charge >= 0.3 is 0 Å². The van der Waals surface area contributed by atoms with E-state index in [9.17, 15) is 4.79 Å². The molecule has 1 aromatic heterocycles. The molecule has 0 radical (unpaired) electrons. The lowest BCUT2D eigenvalue weighted by Crippen LogP contribution is -2.39. The van der Waals surface area contributed by atoms with E-state index in [0.29, 0.717) is 0 Å². The molecule has 3 nitrogen and oxygen atoms in total. The number of rotatable bonds is 3. The summed E-state index contributed by atoms with van der Waals surface area (Å²) >= 11 is 5.35. The monoisotopic (exact) mass is 316 g/mol. The predicted molar refractivity (Wildman–Crippen MR) is 74.1 cm³/mol. The first-order valence-electron chi connectivity index (χ1n) is 5.86. The van der Waals surface area contributed by atoms with Gasteiger partial charge < -0.3 is 5.32 Å². The Hall–Kier alpha value is -0.390. The van der Waals surface area contributed by atoms with Crippen LogP contribution in [0.3, 0.4) is 0 Å². The van der Waals surface area contributed by atoms with Gasteiger partial charge in [0.1, 0.15) is 0 Å². The Kier molecular flexibility index (Phi) is 4.59. The summed E-state index contributed by atoms with van der Waals surface area (Å²) < 4.78 is 1.20. The molecule has 0 spiro atoms. The fourth-order valence-corrected chi connectivity index (χ4v) is 3.72. The topological polar surface area (TPSA) is 32.3 Å². The molecule has 1 aliphatic heterocycles. The molecule has 0 aromatic carbocycles. The van der Waals surface area contributed by atoms with Crippen molar-refractivity contribution in [3.05, 3.63) is 20.8 Å². The van der Waals surface area contributed by atoms with Crippen LogP contribution in [0.1, 0.15) is 17.7 Å². The first-order chi connectivity index (χ1) is 8.20. The second kappa shape index (κ2) is 5.98. The van der Waals surface area contributed by atoms with E-state index < -0.39 is 0 Å². The molecule has 1 saturated heterocycles. The third kappa shape index (κ3) is 3.30. The van der Waals surface area contributed by atoms with Crippen LogP contribution in [0.5, 0.6) is 0 Å². The maximum atomic E-state index is 11.5. The fraction of sp³-hybridized carbons (Fsp3) is 0.583. The number of nitrogens with one attached hydrogen (secondary N) is 1. The first-order valence-corrected chi connectivity index (χ1v) is 7.54. The van der Waals surface area contributed by atoms with Gasteiger partial charge in [0, 0.05) is 28.9 Å². The van der Waals surface area contributed by atoms with E-state index in [0.717, 1.165) is 32.5 Å². The van der Waals surface area contributed by atoms with Crippen LogP contribution in [0.4, 0.5) is 0 Å². The van der Waals surface area contributed by atoms with E-state index >= 15 is 0 Å². The van der Waals surface area contributed by atoms with E-state index in [1.54, 1.807) is 18.4 Å². The zero-order chi connectivity index (χ0) is 12.3. The summed E-state index contributed by atoms with van der Waals surface area (Å²) in [7, 11) is 1.72. The van der Waals surface area contributed by atoms with Crippen molar-refractivity contribution in [2.24, 2.45) is 5.92 Å². The number of halogens is 1. The van der Waals surface area contributed by atoms with E-state index in [1.807, 2.05) is 0 Å². The van der Waals surface area contributed by atoms with Crippen molar-refractivity contribution < 1.29 is 4.79 Å². The molecule has 1 fully saturated rings. The SMILES string of the molecule is CNC(=O)C1CCN(Cc2sccc2Br)CC1. The first kappa shape index (κ1) is 13.1. The van der Waals surface area contributed by atoms with Crippen LogP contribution in [0.15, 0.2) is 15.9 Å². The highest BCUT2D eigenvalue weighted by atomic mass is 79.9. The molecule has 17 heavy (non-hydrogen) atoms. The van der Waals surface area contributed by atoms with Gasteiger partial charge in [-0.3, -0.25) is 9.69 Å². The Morgan fingerprint density at radius 2 is 2.29 bits per heavy atom. The summed E-state index contributed by atoms with van der Waals surface area (Å²) in [4.78, 5) is 15.3. The largest absolute Gasteiger partial charge is 0.359 e. The van der Waals surface area contributed by atoms with Gasteiger partial charge in [-0.25, -0.2) is 0 Å². The molecule has 0 saturated carbocycles. The summed E-state index contributed by atoms with van der Waals surface area (Å²) in [6.07, 6.45) is 1.95. The maximum absolute atomic E-state index is 11.5. The normalized spacial score (nSPS) is 18.2. The Balaban J connectivity index is 1.83. The van der Waals surface area contributed by atoms with E-state index in [1.165, 1.54) is 9.35 Å². The van der Waals surface area contributed by atoms with Crippen LogP contribution in [0.25, 0.3) is 0 Å². The van der Waals surface area contributed by atoms with Crippen molar-refractivity contribution in [1.29, 1.82) is 0 Å². The lowest BCUT2D eigenvalue weighted by Gasteiger charge is -2.30. The van der Waals surface area contributed by atoms with Crippen molar-refractivity contribution in [1.82, 2.24) is 10.2 Å². The molecule has 5 heteroatoms. The number of carbonyl (C=O) groups is 1. The lowest BCUT2D eigenvalue weighted by atomic mass is 9.96. The quantitative estimate of drug-likeness (QED) is 0.929. The number of amides is 1. The Bertz CT molecular complexity index is 386. The van der Waals surface area contributed by atoms with Gasteiger partial charge in [0.2, 0.25) is 5.91 Å². The van der Waals surface area contributed by atoms with Crippen molar-refractivity contribution in [3.8, 4) is 0 Å². The number of hydrogen-bond donors (Lipinski definition) is 1. The maximum Gasteiger partial charge on any atom is 0.222 e. The van der Waals surface area contributed by atoms with Gasteiger partial charge in [0.25, 0.3) is 0 Å². The molecular weight excluding hydrogens is 300 g/mol. The van der Waals surface area contributed by atoms with Gasteiger partial charge in [0.15, 0.2) is 0 Å². The smallest absolute Gasteiger partial charge is 0.222 e. The van der Waals surface area contributed by atoms with Crippen LogP contribution >= 0.6 is 27.3 Å². The molecule has 0 bridgehead atoms. The number of thiophene rings is 1. The molecule has 2 heterocycles. The van der Waals surface area contributed by atoms with Gasteiger partial charge in [-0.05, 0) is 53.3 Å². The average molecular weight is 317 g/mol. The number of carbonyl (C=O) groups excluding carboxylic acids is 1. The highest BCUT2D eigenvalue weighted by molar-refractivity contribution is 9.10. The van der Waals surface area contributed by atoms with Crippen LogP contribution in [-0.4, -0.2) is 30.9 Å². The van der Waals surface area contributed by atoms with Crippen LogP contribution in [0.2, 0.25) is 0 Å². The summed E-state index contributed by atoms with van der Waals surface area (Å²) in [6.45, 7) is 3.03. The fourth-order valence-electron chi connectivity index (χ4n) is 2.20. The number of nitrogens with zero attached hydrogens (tertiary/aromatic N) is 1. The zero-order valence-corrected chi connectivity index (χ0v) is 12.3. The van der Waals surface area contributed by atoms with Crippen molar-refractivity contribution in [2.75, 3.05) is 20.1 Å². The van der Waals surface area contributed by atoms with Crippen LogP contribution in [-0.2, 0) is 11.3 Å². The summed E-state index contributed by atoms with van der Waals surface area (Å²) in [5.41, 5.74) is 0.